The van der Waals surface area contributed by atoms with Crippen LogP contribution < -0.4 is 5.73 Å². The SMILES string of the molecule is CCCN(C(=O)[C@@H](N)CCc1ccccc1)C(C)C. The zero-order chi connectivity index (χ0) is 14.3. The third-order valence-electron chi connectivity index (χ3n) is 3.27. The molecule has 19 heavy (non-hydrogen) atoms. The molecule has 0 heterocycles. The second-order valence-corrected chi connectivity index (χ2v) is 5.26. The average Bonchev–Trinajstić information content (AvgIpc) is 2.42. The molecule has 3 heteroatoms. The number of benzene rings is 1. The van der Waals surface area contributed by atoms with Crippen LogP contribution in [0.3, 0.4) is 0 Å². The van der Waals surface area contributed by atoms with E-state index in [1.54, 1.807) is 0 Å². The van der Waals surface area contributed by atoms with Crippen LogP contribution in [-0.4, -0.2) is 29.4 Å². The van der Waals surface area contributed by atoms with Crippen LogP contribution in [0.2, 0.25) is 0 Å². The van der Waals surface area contributed by atoms with Gasteiger partial charge < -0.3 is 10.6 Å². The molecule has 2 N–H and O–H groups in total. The normalized spacial score (nSPS) is 12.5. The molecule has 1 rings (SSSR count). The molecule has 0 aliphatic rings. The van der Waals surface area contributed by atoms with Crippen LogP contribution in [0.1, 0.15) is 39.2 Å². The van der Waals surface area contributed by atoms with Crippen molar-refractivity contribution in [2.75, 3.05) is 6.54 Å². The first-order valence-corrected chi connectivity index (χ1v) is 7.16. The zero-order valence-electron chi connectivity index (χ0n) is 12.3. The lowest BCUT2D eigenvalue weighted by Crippen LogP contribution is -2.47. The summed E-state index contributed by atoms with van der Waals surface area (Å²) in [6.07, 6.45) is 2.52. The van der Waals surface area contributed by atoms with E-state index in [9.17, 15) is 4.79 Å². The van der Waals surface area contributed by atoms with Crippen LogP contribution in [0.5, 0.6) is 0 Å². The van der Waals surface area contributed by atoms with Gasteiger partial charge in [-0.1, -0.05) is 37.3 Å². The second kappa shape index (κ2) is 7.95. The summed E-state index contributed by atoms with van der Waals surface area (Å²) >= 11 is 0. The molecule has 0 aromatic heterocycles. The van der Waals surface area contributed by atoms with Gasteiger partial charge >= 0.3 is 0 Å². The van der Waals surface area contributed by atoms with Crippen molar-refractivity contribution in [3.63, 3.8) is 0 Å². The third-order valence-corrected chi connectivity index (χ3v) is 3.27. The van der Waals surface area contributed by atoms with Gasteiger partial charge in [0.05, 0.1) is 6.04 Å². The minimum absolute atomic E-state index is 0.0766. The topological polar surface area (TPSA) is 46.3 Å². The number of hydrogen-bond acceptors (Lipinski definition) is 2. The fourth-order valence-corrected chi connectivity index (χ4v) is 2.17. The highest BCUT2D eigenvalue weighted by atomic mass is 16.2. The second-order valence-electron chi connectivity index (χ2n) is 5.26. The van der Waals surface area contributed by atoms with Gasteiger partial charge in [-0.05, 0) is 38.7 Å². The van der Waals surface area contributed by atoms with Crippen LogP contribution in [0.25, 0.3) is 0 Å². The van der Waals surface area contributed by atoms with Gasteiger partial charge in [0.15, 0.2) is 0 Å². The van der Waals surface area contributed by atoms with Crippen LogP contribution in [-0.2, 0) is 11.2 Å². The maximum absolute atomic E-state index is 12.3. The maximum Gasteiger partial charge on any atom is 0.239 e. The van der Waals surface area contributed by atoms with Gasteiger partial charge in [0.2, 0.25) is 5.91 Å². The molecule has 1 aromatic carbocycles. The van der Waals surface area contributed by atoms with Crippen molar-refractivity contribution in [2.45, 2.75) is 52.1 Å². The lowest BCUT2D eigenvalue weighted by Gasteiger charge is -2.29. The molecule has 0 bridgehead atoms. The number of nitrogens with zero attached hydrogens (tertiary/aromatic N) is 1. The molecule has 1 amide bonds. The lowest BCUT2D eigenvalue weighted by molar-refractivity contribution is -0.134. The molecular formula is C16H26N2O. The highest BCUT2D eigenvalue weighted by Gasteiger charge is 2.22. The summed E-state index contributed by atoms with van der Waals surface area (Å²) in [7, 11) is 0. The Balaban J connectivity index is 2.51. The van der Waals surface area contributed by atoms with Gasteiger partial charge in [-0.25, -0.2) is 0 Å². The summed E-state index contributed by atoms with van der Waals surface area (Å²) < 4.78 is 0. The van der Waals surface area contributed by atoms with Gasteiger partial charge in [0.1, 0.15) is 0 Å². The van der Waals surface area contributed by atoms with E-state index in [2.05, 4.69) is 19.1 Å². The molecule has 0 saturated heterocycles. The fraction of sp³-hybridized carbons (Fsp3) is 0.562. The molecule has 1 atom stereocenters. The van der Waals surface area contributed by atoms with E-state index >= 15 is 0 Å². The number of amides is 1. The van der Waals surface area contributed by atoms with E-state index in [0.29, 0.717) is 6.42 Å². The van der Waals surface area contributed by atoms with Crippen molar-refractivity contribution < 1.29 is 4.79 Å². The summed E-state index contributed by atoms with van der Waals surface area (Å²) in [5.74, 6) is 0.0766. The van der Waals surface area contributed by atoms with E-state index in [-0.39, 0.29) is 11.9 Å². The summed E-state index contributed by atoms with van der Waals surface area (Å²) in [6, 6.07) is 9.99. The summed E-state index contributed by atoms with van der Waals surface area (Å²) in [4.78, 5) is 14.2. The largest absolute Gasteiger partial charge is 0.339 e. The van der Waals surface area contributed by atoms with Gasteiger partial charge in [0.25, 0.3) is 0 Å². The van der Waals surface area contributed by atoms with Gasteiger partial charge in [-0.3, -0.25) is 4.79 Å². The number of carbonyl (C=O) groups excluding carboxylic acids is 1. The van der Waals surface area contributed by atoms with Gasteiger partial charge in [-0.2, -0.15) is 0 Å². The molecule has 3 nitrogen and oxygen atoms in total. The number of carbonyl (C=O) groups is 1. The molecule has 0 unspecified atom stereocenters. The Morgan fingerprint density at radius 3 is 2.42 bits per heavy atom. The molecule has 1 aromatic rings. The predicted molar refractivity (Wildman–Crippen MR) is 79.9 cm³/mol. The molecule has 0 saturated carbocycles. The van der Waals surface area contributed by atoms with Crippen molar-refractivity contribution in [3.8, 4) is 0 Å². The van der Waals surface area contributed by atoms with Crippen LogP contribution in [0, 0.1) is 0 Å². The van der Waals surface area contributed by atoms with Crippen LogP contribution in [0.15, 0.2) is 30.3 Å². The summed E-state index contributed by atoms with van der Waals surface area (Å²) in [5, 5.41) is 0. The summed E-state index contributed by atoms with van der Waals surface area (Å²) in [6.45, 7) is 6.95. The van der Waals surface area contributed by atoms with Gasteiger partial charge in [0, 0.05) is 12.6 Å². The van der Waals surface area contributed by atoms with Crippen molar-refractivity contribution >= 4 is 5.91 Å². The van der Waals surface area contributed by atoms with Crippen molar-refractivity contribution in [2.24, 2.45) is 5.73 Å². The van der Waals surface area contributed by atoms with Crippen molar-refractivity contribution in [3.05, 3.63) is 35.9 Å². The molecule has 0 spiro atoms. The Morgan fingerprint density at radius 1 is 1.26 bits per heavy atom. The molecule has 0 aliphatic heterocycles. The van der Waals surface area contributed by atoms with Crippen molar-refractivity contribution in [1.82, 2.24) is 4.90 Å². The van der Waals surface area contributed by atoms with E-state index in [1.165, 1.54) is 5.56 Å². The van der Waals surface area contributed by atoms with E-state index < -0.39 is 6.04 Å². The first-order valence-electron chi connectivity index (χ1n) is 7.16. The Bertz CT molecular complexity index is 376. The molecule has 106 valence electrons. The Hall–Kier alpha value is -1.35. The first-order chi connectivity index (χ1) is 9.06. The van der Waals surface area contributed by atoms with E-state index in [1.807, 2.05) is 36.9 Å². The Kier molecular flexibility index (Phi) is 6.57. The average molecular weight is 262 g/mol. The highest BCUT2D eigenvalue weighted by molar-refractivity contribution is 5.81. The molecule has 0 radical (unpaired) electrons. The van der Waals surface area contributed by atoms with Crippen LogP contribution in [0.4, 0.5) is 0 Å². The minimum Gasteiger partial charge on any atom is -0.339 e. The smallest absolute Gasteiger partial charge is 0.239 e. The van der Waals surface area contributed by atoms with E-state index in [4.69, 9.17) is 5.73 Å². The zero-order valence-corrected chi connectivity index (χ0v) is 12.3. The predicted octanol–water partition coefficient (Wildman–Crippen LogP) is 2.59. The van der Waals surface area contributed by atoms with Crippen molar-refractivity contribution in [1.29, 1.82) is 0 Å². The molecular weight excluding hydrogens is 236 g/mol. The minimum atomic E-state index is -0.394. The molecule has 0 fully saturated rings. The number of nitrogens with two attached hydrogens (primary N) is 1. The third kappa shape index (κ3) is 5.03. The first kappa shape index (κ1) is 15.7. The standard InChI is InChI=1S/C16H26N2O/c1-4-12-18(13(2)3)16(19)15(17)11-10-14-8-6-5-7-9-14/h5-9,13,15H,4,10-12,17H2,1-3H3/t15-/m0/s1. The number of aryl methyl sites for hydroxylation is 1. The lowest BCUT2D eigenvalue weighted by atomic mass is 10.0. The van der Waals surface area contributed by atoms with E-state index in [0.717, 1.165) is 19.4 Å². The van der Waals surface area contributed by atoms with Gasteiger partial charge in [-0.15, -0.1) is 0 Å². The Labute approximate surface area is 116 Å². The van der Waals surface area contributed by atoms with Crippen LogP contribution >= 0.6 is 0 Å². The number of hydrogen-bond donors (Lipinski definition) is 1. The monoisotopic (exact) mass is 262 g/mol. The maximum atomic E-state index is 12.3. The summed E-state index contributed by atoms with van der Waals surface area (Å²) in [5.41, 5.74) is 7.28. The quantitative estimate of drug-likeness (QED) is 0.821. The number of rotatable bonds is 7. The Morgan fingerprint density at radius 2 is 1.89 bits per heavy atom. The molecule has 0 aliphatic carbocycles. The highest BCUT2D eigenvalue weighted by Crippen LogP contribution is 2.08. The fourth-order valence-electron chi connectivity index (χ4n) is 2.17.